The molecule has 9 nitrogen and oxygen atoms in total. The summed E-state index contributed by atoms with van der Waals surface area (Å²) in [5.41, 5.74) is 0.602. The first-order chi connectivity index (χ1) is 12.4. The fourth-order valence-electron chi connectivity index (χ4n) is 2.37. The lowest BCUT2D eigenvalue weighted by Crippen LogP contribution is -2.03. The molecular formula is C16H14N4O5S. The highest BCUT2D eigenvalue weighted by Crippen LogP contribution is 2.38. The van der Waals surface area contributed by atoms with Crippen molar-refractivity contribution in [1.82, 2.24) is 15.0 Å². The number of hydrogen-bond donors (Lipinski definition) is 0. The first-order valence-corrected chi connectivity index (χ1v) is 8.46. The number of fused-ring (bicyclic) bond motifs is 1. The number of esters is 1. The van der Waals surface area contributed by atoms with E-state index in [0.29, 0.717) is 26.5 Å². The van der Waals surface area contributed by atoms with Gasteiger partial charge in [0, 0.05) is 0 Å². The largest absolute Gasteiger partial charge is 0.462 e. The summed E-state index contributed by atoms with van der Waals surface area (Å²) in [4.78, 5) is 35.9. The van der Waals surface area contributed by atoms with Gasteiger partial charge >= 0.3 is 11.8 Å². The number of nitro groups is 1. The van der Waals surface area contributed by atoms with Crippen molar-refractivity contribution < 1.29 is 19.2 Å². The number of carbonyl (C=O) groups excluding carboxylic acids is 1. The second kappa shape index (κ2) is 7.00. The molecule has 3 rings (SSSR count). The third kappa shape index (κ3) is 3.18. The topological polar surface area (TPSA) is 117 Å². The van der Waals surface area contributed by atoms with E-state index in [4.69, 9.17) is 9.47 Å². The number of ether oxygens (including phenoxy) is 2. The van der Waals surface area contributed by atoms with E-state index in [0.717, 1.165) is 0 Å². The molecule has 0 aliphatic rings. The molecule has 134 valence electrons. The highest BCUT2D eigenvalue weighted by atomic mass is 32.1. The number of hydrogen-bond acceptors (Lipinski definition) is 9. The lowest BCUT2D eigenvalue weighted by Gasteiger charge is -2.07. The number of aryl methyl sites for hydroxylation is 2. The Bertz CT molecular complexity index is 1020. The van der Waals surface area contributed by atoms with E-state index in [1.807, 2.05) is 0 Å². The highest BCUT2D eigenvalue weighted by molar-refractivity contribution is 7.20. The van der Waals surface area contributed by atoms with Gasteiger partial charge in [0.2, 0.25) is 11.6 Å². The second-order valence-electron chi connectivity index (χ2n) is 5.22. The maximum absolute atomic E-state index is 12.1. The van der Waals surface area contributed by atoms with Gasteiger partial charge in [-0.1, -0.05) is 0 Å². The van der Waals surface area contributed by atoms with Crippen LogP contribution in [-0.4, -0.2) is 32.5 Å². The van der Waals surface area contributed by atoms with Gasteiger partial charge in [-0.15, -0.1) is 11.3 Å². The van der Waals surface area contributed by atoms with Crippen LogP contribution in [0.1, 0.15) is 28.0 Å². The van der Waals surface area contributed by atoms with E-state index in [2.05, 4.69) is 15.0 Å². The van der Waals surface area contributed by atoms with Gasteiger partial charge in [0.15, 0.2) is 0 Å². The molecule has 0 saturated carbocycles. The Morgan fingerprint density at radius 3 is 2.81 bits per heavy atom. The van der Waals surface area contributed by atoms with Gasteiger partial charge < -0.3 is 19.6 Å². The summed E-state index contributed by atoms with van der Waals surface area (Å²) in [6, 6.07) is 2.96. The van der Waals surface area contributed by atoms with Gasteiger partial charge in [-0.05, 0) is 48.4 Å². The molecule has 0 amide bonds. The zero-order valence-corrected chi connectivity index (χ0v) is 15.0. The van der Waals surface area contributed by atoms with Crippen molar-refractivity contribution in [2.45, 2.75) is 20.8 Å². The lowest BCUT2D eigenvalue weighted by atomic mass is 10.2. The Balaban J connectivity index is 2.15. The van der Waals surface area contributed by atoms with Crippen molar-refractivity contribution in [3.8, 4) is 11.6 Å². The SMILES string of the molecule is CCOC(=O)c1sc2nc(C)nc(Oc3cccnc3[N+](=O)[O-])c2c1C. The molecule has 0 spiro atoms. The van der Waals surface area contributed by atoms with Crippen LogP contribution < -0.4 is 4.74 Å². The Kier molecular flexibility index (Phi) is 4.76. The third-order valence-electron chi connectivity index (χ3n) is 3.46. The summed E-state index contributed by atoms with van der Waals surface area (Å²) in [5.74, 6) is -0.372. The van der Waals surface area contributed by atoms with Crippen LogP contribution in [0.2, 0.25) is 0 Å². The summed E-state index contributed by atoms with van der Waals surface area (Å²) in [6.45, 7) is 5.38. The maximum Gasteiger partial charge on any atom is 0.406 e. The molecule has 0 saturated heterocycles. The van der Waals surface area contributed by atoms with Crippen LogP contribution in [0.4, 0.5) is 5.82 Å². The minimum Gasteiger partial charge on any atom is -0.462 e. The third-order valence-corrected chi connectivity index (χ3v) is 4.63. The highest BCUT2D eigenvalue weighted by Gasteiger charge is 2.24. The Morgan fingerprint density at radius 1 is 1.35 bits per heavy atom. The molecule has 10 heteroatoms. The molecule has 3 aromatic rings. The number of aromatic nitrogens is 3. The van der Waals surface area contributed by atoms with Crippen molar-refractivity contribution in [2.24, 2.45) is 0 Å². The zero-order valence-electron chi connectivity index (χ0n) is 14.2. The quantitative estimate of drug-likeness (QED) is 0.378. The normalized spacial score (nSPS) is 10.7. The molecule has 0 fully saturated rings. The molecule has 0 atom stereocenters. The summed E-state index contributed by atoms with van der Waals surface area (Å²) in [7, 11) is 0. The summed E-state index contributed by atoms with van der Waals surface area (Å²) in [5, 5.41) is 11.7. The van der Waals surface area contributed by atoms with E-state index in [-0.39, 0.29) is 18.2 Å². The maximum atomic E-state index is 12.1. The van der Waals surface area contributed by atoms with Crippen LogP contribution in [0.15, 0.2) is 18.3 Å². The minimum atomic E-state index is -0.634. The van der Waals surface area contributed by atoms with E-state index < -0.39 is 16.7 Å². The van der Waals surface area contributed by atoms with Gasteiger partial charge in [0.05, 0.1) is 12.0 Å². The smallest absolute Gasteiger partial charge is 0.406 e. The van der Waals surface area contributed by atoms with Crippen LogP contribution in [0, 0.1) is 24.0 Å². The first-order valence-electron chi connectivity index (χ1n) is 7.64. The molecule has 3 aromatic heterocycles. The monoisotopic (exact) mass is 374 g/mol. The first kappa shape index (κ1) is 17.7. The van der Waals surface area contributed by atoms with Crippen LogP contribution in [0.3, 0.4) is 0 Å². The number of pyridine rings is 1. The number of rotatable bonds is 5. The Labute approximate surface area is 151 Å². The average Bonchev–Trinajstić information content (AvgIpc) is 2.92. The summed E-state index contributed by atoms with van der Waals surface area (Å²) in [6.07, 6.45) is 1.31. The van der Waals surface area contributed by atoms with Crippen LogP contribution >= 0.6 is 11.3 Å². The fourth-order valence-corrected chi connectivity index (χ4v) is 3.48. The van der Waals surface area contributed by atoms with Crippen LogP contribution in [0.25, 0.3) is 10.2 Å². The Hall–Kier alpha value is -3.14. The minimum absolute atomic E-state index is 0.0415. The summed E-state index contributed by atoms with van der Waals surface area (Å²) < 4.78 is 10.8. The zero-order chi connectivity index (χ0) is 18.8. The van der Waals surface area contributed by atoms with Crippen LogP contribution in [-0.2, 0) is 4.74 Å². The molecule has 3 heterocycles. The predicted molar refractivity (Wildman–Crippen MR) is 93.8 cm³/mol. The van der Waals surface area contributed by atoms with E-state index in [1.54, 1.807) is 20.8 Å². The molecule has 0 bridgehead atoms. The van der Waals surface area contributed by atoms with Crippen molar-refractivity contribution in [3.05, 3.63) is 44.7 Å². The molecule has 0 aliphatic carbocycles. The van der Waals surface area contributed by atoms with E-state index >= 15 is 0 Å². The summed E-state index contributed by atoms with van der Waals surface area (Å²) >= 11 is 1.17. The van der Waals surface area contributed by atoms with Gasteiger partial charge in [0.25, 0.3) is 0 Å². The lowest BCUT2D eigenvalue weighted by molar-refractivity contribution is -0.390. The molecular weight excluding hydrogens is 360 g/mol. The van der Waals surface area contributed by atoms with E-state index in [1.165, 1.54) is 29.7 Å². The van der Waals surface area contributed by atoms with Gasteiger partial charge in [-0.3, -0.25) is 0 Å². The fraction of sp³-hybridized carbons (Fsp3) is 0.250. The predicted octanol–water partition coefficient (Wildman–Crippen LogP) is 3.58. The molecule has 0 aliphatic heterocycles. The standard InChI is InChI=1S/C16H14N4O5S/c1-4-24-16(21)12-8(2)11-14(18-9(3)19-15(11)26-12)25-10-6-5-7-17-13(10)20(22)23/h5-7H,4H2,1-3H3. The van der Waals surface area contributed by atoms with Crippen molar-refractivity contribution >= 4 is 33.3 Å². The number of thiophene rings is 1. The van der Waals surface area contributed by atoms with Crippen molar-refractivity contribution in [1.29, 1.82) is 0 Å². The Morgan fingerprint density at radius 2 is 2.12 bits per heavy atom. The van der Waals surface area contributed by atoms with Gasteiger partial charge in [0.1, 0.15) is 21.7 Å². The van der Waals surface area contributed by atoms with Crippen molar-refractivity contribution in [3.63, 3.8) is 0 Å². The average molecular weight is 374 g/mol. The molecule has 0 unspecified atom stereocenters. The van der Waals surface area contributed by atoms with E-state index in [9.17, 15) is 14.9 Å². The van der Waals surface area contributed by atoms with Gasteiger partial charge in [-0.2, -0.15) is 4.98 Å². The van der Waals surface area contributed by atoms with Crippen molar-refractivity contribution in [2.75, 3.05) is 6.61 Å². The molecule has 26 heavy (non-hydrogen) atoms. The van der Waals surface area contributed by atoms with Gasteiger partial charge in [-0.25, -0.2) is 9.78 Å². The number of nitrogens with zero attached hydrogens (tertiary/aromatic N) is 4. The molecule has 0 radical (unpaired) electrons. The van der Waals surface area contributed by atoms with Crippen LogP contribution in [0.5, 0.6) is 11.6 Å². The molecule has 0 aromatic carbocycles. The molecule has 0 N–H and O–H groups in total. The second-order valence-corrected chi connectivity index (χ2v) is 6.22. The number of carbonyl (C=O) groups is 1.